The first-order valence-corrected chi connectivity index (χ1v) is 6.25. The van der Waals surface area contributed by atoms with Gasteiger partial charge in [0.2, 0.25) is 5.91 Å². The fraction of sp³-hybridized carbons (Fsp3) is 0.917. The molecule has 5 nitrogen and oxygen atoms in total. The number of nitrogens with one attached hydrogen (secondary N) is 1. The Morgan fingerprint density at radius 1 is 1.59 bits per heavy atom. The van der Waals surface area contributed by atoms with Crippen LogP contribution in [-0.2, 0) is 9.53 Å². The van der Waals surface area contributed by atoms with Crippen LogP contribution in [0.3, 0.4) is 0 Å². The molecule has 0 aliphatic carbocycles. The first kappa shape index (κ1) is 14.4. The third kappa shape index (κ3) is 4.61. The maximum Gasteiger partial charge on any atom is 0.239 e. The van der Waals surface area contributed by atoms with Crippen molar-refractivity contribution in [2.75, 3.05) is 33.4 Å². The first-order valence-electron chi connectivity index (χ1n) is 6.25. The lowest BCUT2D eigenvalue weighted by Crippen LogP contribution is -2.52. The average molecular weight is 243 g/mol. The quantitative estimate of drug-likeness (QED) is 0.686. The molecule has 17 heavy (non-hydrogen) atoms. The van der Waals surface area contributed by atoms with Gasteiger partial charge < -0.3 is 15.8 Å². The first-order chi connectivity index (χ1) is 7.95. The molecule has 3 N–H and O–H groups in total. The van der Waals surface area contributed by atoms with Crippen molar-refractivity contribution in [1.29, 1.82) is 0 Å². The molecule has 0 aromatic heterocycles. The number of methoxy groups -OCH3 is 1. The van der Waals surface area contributed by atoms with E-state index in [2.05, 4.69) is 10.2 Å². The van der Waals surface area contributed by atoms with Gasteiger partial charge in [-0.2, -0.15) is 0 Å². The number of rotatable bonds is 6. The van der Waals surface area contributed by atoms with Crippen LogP contribution in [0.15, 0.2) is 0 Å². The molecule has 0 bridgehead atoms. The number of carbonyl (C=O) groups excluding carboxylic acids is 1. The van der Waals surface area contributed by atoms with Crippen molar-refractivity contribution in [2.45, 2.75) is 38.3 Å². The molecule has 1 atom stereocenters. The average Bonchev–Trinajstić information content (AvgIpc) is 2.69. The highest BCUT2D eigenvalue weighted by Crippen LogP contribution is 2.16. The van der Waals surface area contributed by atoms with E-state index >= 15 is 0 Å². The smallest absolute Gasteiger partial charge is 0.239 e. The molecule has 1 unspecified atom stereocenters. The molecule has 1 rings (SSSR count). The minimum absolute atomic E-state index is 0.0870. The third-order valence-electron chi connectivity index (χ3n) is 3.17. The SMILES string of the molecule is COCCN1CCCC1CNC(=O)C(C)(C)N. The molecule has 1 fully saturated rings. The van der Waals surface area contributed by atoms with Crippen LogP contribution < -0.4 is 11.1 Å². The number of nitrogens with two attached hydrogens (primary N) is 1. The van der Waals surface area contributed by atoms with Crippen LogP contribution in [0.4, 0.5) is 0 Å². The topological polar surface area (TPSA) is 67.6 Å². The zero-order chi connectivity index (χ0) is 12.9. The summed E-state index contributed by atoms with van der Waals surface area (Å²) < 4.78 is 5.08. The molecule has 100 valence electrons. The fourth-order valence-corrected chi connectivity index (χ4v) is 2.07. The van der Waals surface area contributed by atoms with Crippen LogP contribution in [-0.4, -0.2) is 55.7 Å². The number of likely N-dealkylation sites (tertiary alicyclic amines) is 1. The van der Waals surface area contributed by atoms with Gasteiger partial charge in [0, 0.05) is 26.2 Å². The van der Waals surface area contributed by atoms with E-state index in [0.717, 1.165) is 26.1 Å². The van der Waals surface area contributed by atoms with Crippen molar-refractivity contribution in [1.82, 2.24) is 10.2 Å². The van der Waals surface area contributed by atoms with Gasteiger partial charge in [-0.3, -0.25) is 9.69 Å². The summed E-state index contributed by atoms with van der Waals surface area (Å²) in [5, 5.41) is 2.92. The molecule has 0 aromatic carbocycles. The summed E-state index contributed by atoms with van der Waals surface area (Å²) >= 11 is 0. The lowest BCUT2D eigenvalue weighted by Gasteiger charge is -2.26. The standard InChI is InChI=1S/C12H25N3O2/c1-12(2,13)11(16)14-9-10-5-4-6-15(10)7-8-17-3/h10H,4-9,13H2,1-3H3,(H,14,16). The summed E-state index contributed by atoms with van der Waals surface area (Å²) in [4.78, 5) is 14.0. The summed E-state index contributed by atoms with van der Waals surface area (Å²) in [6.45, 7) is 6.90. The van der Waals surface area contributed by atoms with Crippen molar-refractivity contribution in [3.05, 3.63) is 0 Å². The van der Waals surface area contributed by atoms with Crippen molar-refractivity contribution in [2.24, 2.45) is 5.73 Å². The summed E-state index contributed by atoms with van der Waals surface area (Å²) in [7, 11) is 1.71. The highest BCUT2D eigenvalue weighted by atomic mass is 16.5. The lowest BCUT2D eigenvalue weighted by atomic mass is 10.1. The predicted octanol–water partition coefficient (Wildman–Crippen LogP) is -0.0493. The van der Waals surface area contributed by atoms with Crippen LogP contribution in [0.1, 0.15) is 26.7 Å². The zero-order valence-electron chi connectivity index (χ0n) is 11.2. The number of ether oxygens (including phenoxy) is 1. The molecule has 1 aliphatic rings. The lowest BCUT2D eigenvalue weighted by molar-refractivity contribution is -0.125. The highest BCUT2D eigenvalue weighted by molar-refractivity contribution is 5.85. The van der Waals surface area contributed by atoms with Crippen molar-refractivity contribution >= 4 is 5.91 Å². The van der Waals surface area contributed by atoms with Gasteiger partial charge in [0.05, 0.1) is 12.1 Å². The number of carbonyl (C=O) groups is 1. The van der Waals surface area contributed by atoms with Gasteiger partial charge in [-0.25, -0.2) is 0 Å². The number of hydrogen-bond acceptors (Lipinski definition) is 4. The minimum atomic E-state index is -0.796. The van der Waals surface area contributed by atoms with Gasteiger partial charge in [-0.1, -0.05) is 0 Å². The fourth-order valence-electron chi connectivity index (χ4n) is 2.07. The van der Waals surface area contributed by atoms with Crippen molar-refractivity contribution in [3.8, 4) is 0 Å². The number of nitrogens with zero attached hydrogens (tertiary/aromatic N) is 1. The monoisotopic (exact) mass is 243 g/mol. The second kappa shape index (κ2) is 6.33. The molecular weight excluding hydrogens is 218 g/mol. The summed E-state index contributed by atoms with van der Waals surface area (Å²) in [6.07, 6.45) is 2.32. The van der Waals surface area contributed by atoms with E-state index in [1.165, 1.54) is 6.42 Å². The molecule has 1 heterocycles. The number of hydrogen-bond donors (Lipinski definition) is 2. The summed E-state index contributed by atoms with van der Waals surface area (Å²) in [5.74, 6) is -0.0870. The molecule has 1 aliphatic heterocycles. The number of amides is 1. The second-order valence-corrected chi connectivity index (χ2v) is 5.26. The van der Waals surface area contributed by atoms with Crippen LogP contribution in [0.2, 0.25) is 0 Å². The Hall–Kier alpha value is -0.650. The van der Waals surface area contributed by atoms with Crippen LogP contribution >= 0.6 is 0 Å². The molecule has 1 saturated heterocycles. The van der Waals surface area contributed by atoms with E-state index in [4.69, 9.17) is 10.5 Å². The van der Waals surface area contributed by atoms with Gasteiger partial charge in [0.1, 0.15) is 0 Å². The Balaban J connectivity index is 2.33. The minimum Gasteiger partial charge on any atom is -0.383 e. The van der Waals surface area contributed by atoms with E-state index in [9.17, 15) is 4.79 Å². The molecule has 0 aromatic rings. The Bertz CT molecular complexity index is 251. The van der Waals surface area contributed by atoms with E-state index in [1.54, 1.807) is 21.0 Å². The summed E-state index contributed by atoms with van der Waals surface area (Å²) in [6, 6.07) is 0.427. The van der Waals surface area contributed by atoms with Crippen LogP contribution in [0.5, 0.6) is 0 Å². The van der Waals surface area contributed by atoms with E-state index in [-0.39, 0.29) is 5.91 Å². The van der Waals surface area contributed by atoms with Crippen molar-refractivity contribution in [3.63, 3.8) is 0 Å². The Labute approximate surface area is 104 Å². The molecular formula is C12H25N3O2. The molecule has 1 amide bonds. The van der Waals surface area contributed by atoms with E-state index in [1.807, 2.05) is 0 Å². The van der Waals surface area contributed by atoms with Crippen LogP contribution in [0, 0.1) is 0 Å². The Morgan fingerprint density at radius 3 is 2.88 bits per heavy atom. The molecule has 0 radical (unpaired) electrons. The van der Waals surface area contributed by atoms with Gasteiger partial charge in [0.25, 0.3) is 0 Å². The largest absolute Gasteiger partial charge is 0.383 e. The Kier molecular flexibility index (Phi) is 5.36. The summed E-state index contributed by atoms with van der Waals surface area (Å²) in [5.41, 5.74) is 4.94. The van der Waals surface area contributed by atoms with Gasteiger partial charge in [-0.15, -0.1) is 0 Å². The van der Waals surface area contributed by atoms with E-state index in [0.29, 0.717) is 12.6 Å². The maximum atomic E-state index is 11.7. The third-order valence-corrected chi connectivity index (χ3v) is 3.17. The molecule has 5 heteroatoms. The molecule has 0 saturated carbocycles. The van der Waals surface area contributed by atoms with E-state index < -0.39 is 5.54 Å². The predicted molar refractivity (Wildman–Crippen MR) is 67.7 cm³/mol. The highest BCUT2D eigenvalue weighted by Gasteiger charge is 2.27. The second-order valence-electron chi connectivity index (χ2n) is 5.26. The van der Waals surface area contributed by atoms with Crippen molar-refractivity contribution < 1.29 is 9.53 Å². The zero-order valence-corrected chi connectivity index (χ0v) is 11.2. The maximum absolute atomic E-state index is 11.7. The Morgan fingerprint density at radius 2 is 2.29 bits per heavy atom. The van der Waals surface area contributed by atoms with Gasteiger partial charge in [-0.05, 0) is 33.2 Å². The van der Waals surface area contributed by atoms with Crippen LogP contribution in [0.25, 0.3) is 0 Å². The molecule has 0 spiro atoms. The normalized spacial score (nSPS) is 21.8. The van der Waals surface area contributed by atoms with Gasteiger partial charge >= 0.3 is 0 Å². The van der Waals surface area contributed by atoms with Gasteiger partial charge in [0.15, 0.2) is 0 Å².